The van der Waals surface area contributed by atoms with E-state index in [0.717, 1.165) is 18.2 Å². The molecule has 4 rings (SSSR count). The van der Waals surface area contributed by atoms with Gasteiger partial charge in [-0.1, -0.05) is 18.2 Å². The number of benzene rings is 4. The molecule has 198 valence electrons. The van der Waals surface area contributed by atoms with Crippen molar-refractivity contribution in [3.8, 4) is 23.0 Å². The maximum absolute atomic E-state index is 15.2. The topological polar surface area (TPSA) is 90.7 Å². The molecular weight excluding hydrogens is 514 g/mol. The molecule has 0 aliphatic carbocycles. The van der Waals surface area contributed by atoms with Crippen molar-refractivity contribution in [1.29, 1.82) is 0 Å². The first-order chi connectivity index (χ1) is 17.8. The highest BCUT2D eigenvalue weighted by atomic mass is 19.4. The van der Waals surface area contributed by atoms with E-state index in [-0.39, 0.29) is 23.0 Å². The molecule has 0 aliphatic rings. The molecule has 0 saturated carbocycles. The average molecular weight is 534 g/mol. The zero-order valence-electron chi connectivity index (χ0n) is 19.3. The zero-order valence-corrected chi connectivity index (χ0v) is 19.3. The fourth-order valence-corrected chi connectivity index (χ4v) is 3.96. The van der Waals surface area contributed by atoms with Crippen molar-refractivity contribution in [2.45, 2.75) is 17.7 Å². The van der Waals surface area contributed by atoms with Gasteiger partial charge in [-0.25, -0.2) is 4.39 Å². The van der Waals surface area contributed by atoms with Crippen molar-refractivity contribution in [1.82, 2.24) is 0 Å². The number of nitrogens with two attached hydrogens (primary N) is 2. The van der Waals surface area contributed by atoms with Crippen molar-refractivity contribution in [3.05, 3.63) is 108 Å². The second-order valence-corrected chi connectivity index (χ2v) is 8.30. The van der Waals surface area contributed by atoms with E-state index in [1.807, 2.05) is 0 Å². The summed E-state index contributed by atoms with van der Waals surface area (Å²) >= 11 is 0. The molecule has 4 aromatic rings. The van der Waals surface area contributed by atoms with E-state index in [4.69, 9.17) is 20.9 Å². The van der Waals surface area contributed by atoms with E-state index in [1.54, 1.807) is 0 Å². The Kier molecular flexibility index (Phi) is 6.90. The summed E-state index contributed by atoms with van der Waals surface area (Å²) in [6.45, 7) is 0. The van der Waals surface area contributed by atoms with Gasteiger partial charge >= 0.3 is 12.3 Å². The molecule has 0 saturated heterocycles. The van der Waals surface area contributed by atoms with Gasteiger partial charge in [-0.2, -0.15) is 22.0 Å². The maximum Gasteiger partial charge on any atom is 0.411 e. The zero-order chi connectivity index (χ0) is 27.7. The minimum Gasteiger partial charge on any atom is -0.457 e. The molecule has 0 fully saturated rings. The Bertz CT molecular complexity index is 1390. The minimum absolute atomic E-state index is 0.00331. The van der Waals surface area contributed by atoms with Crippen LogP contribution in [0.5, 0.6) is 23.0 Å². The van der Waals surface area contributed by atoms with Gasteiger partial charge in [-0.05, 0) is 72.3 Å². The van der Waals surface area contributed by atoms with Crippen LogP contribution in [0.4, 0.5) is 37.7 Å². The van der Waals surface area contributed by atoms with Crippen LogP contribution in [0, 0.1) is 5.82 Å². The normalized spacial score (nSPS) is 13.6. The second kappa shape index (κ2) is 9.82. The highest BCUT2D eigenvalue weighted by Crippen LogP contribution is 2.55. The Labute approximate surface area is 212 Å². The van der Waals surface area contributed by atoms with Crippen LogP contribution in [0.15, 0.2) is 91.0 Å². The van der Waals surface area contributed by atoms with E-state index in [1.165, 1.54) is 48.5 Å². The monoisotopic (exact) mass is 534 g/mol. The minimum atomic E-state index is -5.84. The number of halogens is 6. The Morgan fingerprint density at radius 1 is 0.579 bits per heavy atom. The van der Waals surface area contributed by atoms with Gasteiger partial charge in [0.15, 0.2) is 0 Å². The number of aliphatic hydroxyl groups is 1. The summed E-state index contributed by atoms with van der Waals surface area (Å²) in [6.07, 6.45) is -11.3. The lowest BCUT2D eigenvalue weighted by Crippen LogP contribution is -2.57. The van der Waals surface area contributed by atoms with Crippen LogP contribution in [0.25, 0.3) is 0 Å². The molecule has 0 radical (unpaired) electrons. The summed E-state index contributed by atoms with van der Waals surface area (Å²) < 4.78 is 98.8. The van der Waals surface area contributed by atoms with Gasteiger partial charge in [0.1, 0.15) is 28.8 Å². The summed E-state index contributed by atoms with van der Waals surface area (Å²) in [5.41, 5.74) is 4.94. The first kappa shape index (κ1) is 26.7. The van der Waals surface area contributed by atoms with E-state index < -0.39 is 34.6 Å². The van der Waals surface area contributed by atoms with Crippen LogP contribution in [0.1, 0.15) is 11.1 Å². The van der Waals surface area contributed by atoms with Crippen molar-refractivity contribution in [3.63, 3.8) is 0 Å². The largest absolute Gasteiger partial charge is 0.457 e. The second-order valence-electron chi connectivity index (χ2n) is 8.30. The molecule has 0 amide bonds. The quantitative estimate of drug-likeness (QED) is 0.175. The van der Waals surface area contributed by atoms with Crippen LogP contribution in [-0.4, -0.2) is 17.4 Å². The number of hydrogen-bond donors (Lipinski definition) is 3. The highest BCUT2D eigenvalue weighted by Gasteiger charge is 2.72. The fraction of sp³-hybridized carbons (Fsp3) is 0.111. The summed E-state index contributed by atoms with van der Waals surface area (Å²) in [5.74, 6) is -1.47. The van der Waals surface area contributed by atoms with Gasteiger partial charge in [0.25, 0.3) is 0 Å². The number of ether oxygens (including phenoxy) is 2. The van der Waals surface area contributed by atoms with Crippen molar-refractivity contribution < 1.29 is 40.9 Å². The molecule has 0 aliphatic heterocycles. The molecule has 38 heavy (non-hydrogen) atoms. The summed E-state index contributed by atoms with van der Waals surface area (Å²) in [6, 6.07) is 17.1. The van der Waals surface area contributed by atoms with Crippen LogP contribution in [0.2, 0.25) is 0 Å². The third-order valence-electron chi connectivity index (χ3n) is 5.74. The Balaban J connectivity index is 1.76. The molecule has 4 aromatic carbocycles. The number of rotatable bonds is 7. The van der Waals surface area contributed by atoms with Gasteiger partial charge in [0.05, 0.1) is 0 Å². The predicted molar refractivity (Wildman–Crippen MR) is 129 cm³/mol. The smallest absolute Gasteiger partial charge is 0.411 e. The molecule has 0 bridgehead atoms. The lowest BCUT2D eigenvalue weighted by Gasteiger charge is -2.39. The summed E-state index contributed by atoms with van der Waals surface area (Å²) in [5, 5.41) is 9.65. The molecule has 1 atom stereocenters. The van der Waals surface area contributed by atoms with Crippen LogP contribution >= 0.6 is 0 Å². The lowest BCUT2D eigenvalue weighted by atomic mass is 9.72. The van der Waals surface area contributed by atoms with Gasteiger partial charge in [0, 0.05) is 23.0 Å². The van der Waals surface area contributed by atoms with Crippen molar-refractivity contribution in [2.75, 3.05) is 11.5 Å². The van der Waals surface area contributed by atoms with Crippen LogP contribution in [-0.2, 0) is 5.41 Å². The third-order valence-corrected chi connectivity index (χ3v) is 5.74. The van der Waals surface area contributed by atoms with Gasteiger partial charge in [0.2, 0.25) is 5.41 Å². The molecule has 5 nitrogen and oxygen atoms in total. The molecule has 0 spiro atoms. The van der Waals surface area contributed by atoms with Gasteiger partial charge in [-0.3, -0.25) is 0 Å². The van der Waals surface area contributed by atoms with E-state index >= 15 is 4.39 Å². The first-order valence-corrected chi connectivity index (χ1v) is 11.0. The van der Waals surface area contributed by atoms with Gasteiger partial charge < -0.3 is 26.0 Å². The molecule has 1 unspecified atom stereocenters. The predicted octanol–water partition coefficient (Wildman–Crippen LogP) is 7.01. The molecule has 11 heteroatoms. The van der Waals surface area contributed by atoms with Crippen LogP contribution in [0.3, 0.4) is 0 Å². The molecule has 0 heterocycles. The standard InChI is InChI=1S/C27H20F6N2O3/c28-24-15-22(38-21-11-5-18(35)6-12-21)13-14-23(24)25(26(29,30)31,27(32,33)36)16-1-7-19(8-2-16)37-20-9-3-17(34)4-10-20/h1-15,36H,34-35H2. The number of alkyl halides is 5. The van der Waals surface area contributed by atoms with Gasteiger partial charge in [-0.15, -0.1) is 0 Å². The van der Waals surface area contributed by atoms with E-state index in [0.29, 0.717) is 35.6 Å². The van der Waals surface area contributed by atoms with Crippen molar-refractivity contribution >= 4 is 11.4 Å². The van der Waals surface area contributed by atoms with Crippen molar-refractivity contribution in [2.24, 2.45) is 0 Å². The lowest BCUT2D eigenvalue weighted by molar-refractivity contribution is -0.321. The highest BCUT2D eigenvalue weighted by molar-refractivity contribution is 5.50. The third kappa shape index (κ3) is 5.05. The molecule has 5 N–H and O–H groups in total. The number of nitrogen functional groups attached to an aromatic ring is 2. The first-order valence-electron chi connectivity index (χ1n) is 11.0. The average Bonchev–Trinajstić information content (AvgIpc) is 2.83. The van der Waals surface area contributed by atoms with E-state index in [9.17, 15) is 27.1 Å². The fourth-order valence-electron chi connectivity index (χ4n) is 3.96. The van der Waals surface area contributed by atoms with E-state index in [2.05, 4.69) is 0 Å². The summed E-state index contributed by atoms with van der Waals surface area (Å²) in [7, 11) is 0. The maximum atomic E-state index is 15.2. The Morgan fingerprint density at radius 3 is 1.37 bits per heavy atom. The SMILES string of the molecule is Nc1ccc(Oc2ccc(C(c3ccc(Oc4ccc(N)cc4)cc3F)(C(O)(F)F)C(F)(F)F)cc2)cc1. The Morgan fingerprint density at radius 2 is 0.974 bits per heavy atom. The summed E-state index contributed by atoms with van der Waals surface area (Å²) in [4.78, 5) is 0. The number of anilines is 2. The molecule has 0 aromatic heterocycles. The number of hydrogen-bond acceptors (Lipinski definition) is 5. The van der Waals surface area contributed by atoms with Crippen LogP contribution < -0.4 is 20.9 Å². The molecular formula is C27H20F6N2O3. The Hall–Kier alpha value is -4.38.